The molecular weight excluding hydrogens is 142 g/mol. The zero-order chi connectivity index (χ0) is 7.84. The van der Waals surface area contributed by atoms with Crippen molar-refractivity contribution in [2.24, 2.45) is 0 Å². The number of hydrogen-bond acceptors (Lipinski definition) is 3. The maximum Gasteiger partial charge on any atom is 0.226 e. The number of hydrogen-bond donors (Lipinski definition) is 2. The Hall–Kier alpha value is -0.610. The second kappa shape index (κ2) is 2.46. The van der Waals surface area contributed by atoms with E-state index in [-0.39, 0.29) is 12.2 Å². The van der Waals surface area contributed by atoms with Crippen LogP contribution in [0.1, 0.15) is 13.3 Å². The molecule has 0 aromatic heterocycles. The molecular formula is C7H13N3O. The molecule has 2 fully saturated rings. The minimum absolute atomic E-state index is 0.103. The first-order chi connectivity index (χ1) is 5.27. The van der Waals surface area contributed by atoms with E-state index in [9.17, 15) is 4.79 Å². The summed E-state index contributed by atoms with van der Waals surface area (Å²) in [6.45, 7) is 3.80. The summed E-state index contributed by atoms with van der Waals surface area (Å²) >= 11 is 0. The standard InChI is InChI=1S/C7H13N3O/c1-5-4-6(11)10-3-2-8-7(10)9-5/h5,7-9H,2-4H2,1H3. The van der Waals surface area contributed by atoms with Crippen molar-refractivity contribution in [3.05, 3.63) is 0 Å². The van der Waals surface area contributed by atoms with Crippen LogP contribution in [0.4, 0.5) is 0 Å². The van der Waals surface area contributed by atoms with Crippen molar-refractivity contribution in [1.29, 1.82) is 0 Å². The molecule has 1 amide bonds. The Morgan fingerprint density at radius 2 is 2.45 bits per heavy atom. The van der Waals surface area contributed by atoms with E-state index in [0.717, 1.165) is 13.1 Å². The molecule has 2 aliphatic rings. The van der Waals surface area contributed by atoms with Crippen molar-refractivity contribution >= 4 is 5.91 Å². The van der Waals surface area contributed by atoms with Gasteiger partial charge in [0.25, 0.3) is 0 Å². The number of nitrogens with one attached hydrogen (secondary N) is 2. The fourth-order valence-corrected chi connectivity index (χ4v) is 1.69. The molecule has 0 saturated carbocycles. The summed E-state index contributed by atoms with van der Waals surface area (Å²) in [4.78, 5) is 13.2. The normalized spacial score (nSPS) is 37.5. The third kappa shape index (κ3) is 1.12. The highest BCUT2D eigenvalue weighted by molar-refractivity contribution is 5.78. The van der Waals surface area contributed by atoms with Crippen LogP contribution >= 0.6 is 0 Å². The Balaban J connectivity index is 2.10. The molecule has 0 aliphatic carbocycles. The molecule has 11 heavy (non-hydrogen) atoms. The molecule has 0 aromatic rings. The Bertz CT molecular complexity index is 183. The molecule has 0 spiro atoms. The maximum absolute atomic E-state index is 11.3. The molecule has 62 valence electrons. The van der Waals surface area contributed by atoms with Crippen molar-refractivity contribution in [1.82, 2.24) is 15.5 Å². The minimum atomic E-state index is 0.103. The van der Waals surface area contributed by atoms with Gasteiger partial charge in [-0.05, 0) is 6.92 Å². The molecule has 2 aliphatic heterocycles. The SMILES string of the molecule is CC1CC(=O)N2CCNC2N1. The highest BCUT2D eigenvalue weighted by atomic mass is 16.2. The van der Waals surface area contributed by atoms with Gasteiger partial charge in [0.2, 0.25) is 5.91 Å². The summed E-state index contributed by atoms with van der Waals surface area (Å²) in [5.41, 5.74) is 0. The van der Waals surface area contributed by atoms with Crippen molar-refractivity contribution in [2.75, 3.05) is 13.1 Å². The average molecular weight is 155 g/mol. The molecule has 4 nitrogen and oxygen atoms in total. The van der Waals surface area contributed by atoms with Gasteiger partial charge in [-0.1, -0.05) is 0 Å². The predicted octanol–water partition coefficient (Wildman–Crippen LogP) is -0.916. The van der Waals surface area contributed by atoms with E-state index in [4.69, 9.17) is 0 Å². The third-order valence-electron chi connectivity index (χ3n) is 2.25. The van der Waals surface area contributed by atoms with Gasteiger partial charge in [-0.25, -0.2) is 0 Å². The number of amides is 1. The lowest BCUT2D eigenvalue weighted by Crippen LogP contribution is -2.58. The molecule has 2 atom stereocenters. The van der Waals surface area contributed by atoms with Crippen LogP contribution in [0.3, 0.4) is 0 Å². The Kier molecular flexibility index (Phi) is 1.58. The molecule has 2 N–H and O–H groups in total. The monoisotopic (exact) mass is 155 g/mol. The molecule has 0 radical (unpaired) electrons. The summed E-state index contributed by atoms with van der Waals surface area (Å²) in [5.74, 6) is 0.270. The van der Waals surface area contributed by atoms with Crippen molar-refractivity contribution < 1.29 is 4.79 Å². The first kappa shape index (κ1) is 7.06. The molecule has 2 saturated heterocycles. The molecule has 4 heteroatoms. The van der Waals surface area contributed by atoms with Crippen LogP contribution in [-0.2, 0) is 4.79 Å². The topological polar surface area (TPSA) is 44.4 Å². The Morgan fingerprint density at radius 3 is 3.27 bits per heavy atom. The van der Waals surface area contributed by atoms with Crippen LogP contribution in [0.25, 0.3) is 0 Å². The fraction of sp³-hybridized carbons (Fsp3) is 0.857. The number of carbonyl (C=O) groups excluding carboxylic acids is 1. The number of fused-ring (bicyclic) bond motifs is 1. The van der Waals surface area contributed by atoms with Gasteiger partial charge >= 0.3 is 0 Å². The zero-order valence-electron chi connectivity index (χ0n) is 6.63. The van der Waals surface area contributed by atoms with Gasteiger partial charge in [0, 0.05) is 25.6 Å². The van der Waals surface area contributed by atoms with E-state index < -0.39 is 0 Å². The predicted molar refractivity (Wildman–Crippen MR) is 40.7 cm³/mol. The van der Waals surface area contributed by atoms with Gasteiger partial charge < -0.3 is 4.90 Å². The summed E-state index contributed by atoms with van der Waals surface area (Å²) < 4.78 is 0. The van der Waals surface area contributed by atoms with Crippen molar-refractivity contribution in [3.8, 4) is 0 Å². The second-order valence-electron chi connectivity index (χ2n) is 3.22. The van der Waals surface area contributed by atoms with Crippen LogP contribution in [0, 0.1) is 0 Å². The number of rotatable bonds is 0. The highest BCUT2D eigenvalue weighted by Gasteiger charge is 2.33. The van der Waals surface area contributed by atoms with E-state index in [1.807, 2.05) is 11.8 Å². The van der Waals surface area contributed by atoms with Crippen LogP contribution in [-0.4, -0.2) is 36.2 Å². The average Bonchev–Trinajstić information content (AvgIpc) is 2.34. The summed E-state index contributed by atoms with van der Waals surface area (Å²) in [6.07, 6.45) is 0.740. The quantitative estimate of drug-likeness (QED) is 0.475. The lowest BCUT2D eigenvalue weighted by molar-refractivity contribution is -0.136. The smallest absolute Gasteiger partial charge is 0.226 e. The van der Waals surface area contributed by atoms with Crippen LogP contribution < -0.4 is 10.6 Å². The first-order valence-corrected chi connectivity index (χ1v) is 4.06. The van der Waals surface area contributed by atoms with Crippen LogP contribution in [0.5, 0.6) is 0 Å². The zero-order valence-corrected chi connectivity index (χ0v) is 6.63. The highest BCUT2D eigenvalue weighted by Crippen LogP contribution is 2.11. The van der Waals surface area contributed by atoms with Gasteiger partial charge in [-0.2, -0.15) is 0 Å². The van der Waals surface area contributed by atoms with Gasteiger partial charge in [0.1, 0.15) is 6.29 Å². The Morgan fingerprint density at radius 1 is 1.64 bits per heavy atom. The lowest BCUT2D eigenvalue weighted by atomic mass is 10.2. The maximum atomic E-state index is 11.3. The molecule has 0 bridgehead atoms. The van der Waals surface area contributed by atoms with E-state index in [1.54, 1.807) is 0 Å². The van der Waals surface area contributed by atoms with Gasteiger partial charge in [0.05, 0.1) is 0 Å². The fourth-order valence-electron chi connectivity index (χ4n) is 1.69. The second-order valence-corrected chi connectivity index (χ2v) is 3.22. The van der Waals surface area contributed by atoms with Crippen LogP contribution in [0.15, 0.2) is 0 Å². The van der Waals surface area contributed by atoms with Gasteiger partial charge in [-0.15, -0.1) is 0 Å². The summed E-state index contributed by atoms with van der Waals surface area (Å²) in [5, 5.41) is 6.52. The number of carbonyl (C=O) groups is 1. The summed E-state index contributed by atoms with van der Waals surface area (Å²) in [6, 6.07) is 0.314. The van der Waals surface area contributed by atoms with E-state index >= 15 is 0 Å². The van der Waals surface area contributed by atoms with Crippen molar-refractivity contribution in [3.63, 3.8) is 0 Å². The summed E-state index contributed by atoms with van der Waals surface area (Å²) in [7, 11) is 0. The third-order valence-corrected chi connectivity index (χ3v) is 2.25. The minimum Gasteiger partial charge on any atom is -0.313 e. The lowest BCUT2D eigenvalue weighted by Gasteiger charge is -2.33. The Labute approximate surface area is 65.9 Å². The van der Waals surface area contributed by atoms with E-state index in [0.29, 0.717) is 12.5 Å². The van der Waals surface area contributed by atoms with Gasteiger partial charge in [0.15, 0.2) is 0 Å². The van der Waals surface area contributed by atoms with Crippen LogP contribution in [0.2, 0.25) is 0 Å². The molecule has 2 heterocycles. The van der Waals surface area contributed by atoms with E-state index in [1.165, 1.54) is 0 Å². The molecule has 2 unspecified atom stereocenters. The largest absolute Gasteiger partial charge is 0.313 e. The van der Waals surface area contributed by atoms with Crippen molar-refractivity contribution in [2.45, 2.75) is 25.7 Å². The van der Waals surface area contributed by atoms with E-state index in [2.05, 4.69) is 10.6 Å². The molecule has 0 aromatic carbocycles. The van der Waals surface area contributed by atoms with Gasteiger partial charge in [-0.3, -0.25) is 15.4 Å². The first-order valence-electron chi connectivity index (χ1n) is 4.06. The molecule has 2 rings (SSSR count). The number of nitrogens with zero attached hydrogens (tertiary/aromatic N) is 1.